The van der Waals surface area contributed by atoms with Gasteiger partial charge in [-0.25, -0.2) is 0 Å². The predicted octanol–water partition coefficient (Wildman–Crippen LogP) is 3.03. The molecule has 1 heterocycles. The second-order valence-electron chi connectivity index (χ2n) is 6.59. The Morgan fingerprint density at radius 1 is 1.35 bits per heavy atom. The van der Waals surface area contributed by atoms with Crippen LogP contribution in [0.4, 0.5) is 0 Å². The van der Waals surface area contributed by atoms with Crippen molar-refractivity contribution in [1.29, 1.82) is 0 Å². The van der Waals surface area contributed by atoms with Gasteiger partial charge >= 0.3 is 0 Å². The Morgan fingerprint density at radius 3 is 2.74 bits per heavy atom. The van der Waals surface area contributed by atoms with Crippen molar-refractivity contribution in [3.63, 3.8) is 0 Å². The Kier molecular flexibility index (Phi) is 6.05. The monoisotopic (exact) mass is 336 g/mol. The van der Waals surface area contributed by atoms with Crippen LogP contribution in [-0.2, 0) is 16.0 Å². The van der Waals surface area contributed by atoms with E-state index >= 15 is 0 Å². The highest BCUT2D eigenvalue weighted by molar-refractivity contribution is 6.30. The maximum Gasteiger partial charge on any atom is 0.243 e. The molecule has 0 unspecified atom stereocenters. The molecule has 0 spiro atoms. The molecule has 1 aromatic carbocycles. The Labute approximate surface area is 143 Å². The second-order valence-corrected chi connectivity index (χ2v) is 7.02. The molecule has 1 aromatic rings. The molecule has 1 aliphatic heterocycles. The fourth-order valence-corrected chi connectivity index (χ4v) is 3.26. The summed E-state index contributed by atoms with van der Waals surface area (Å²) in [7, 11) is 0. The fraction of sp³-hybridized carbons (Fsp3) is 0.556. The van der Waals surface area contributed by atoms with E-state index in [1.165, 1.54) is 0 Å². The van der Waals surface area contributed by atoms with Gasteiger partial charge in [0, 0.05) is 23.5 Å². The van der Waals surface area contributed by atoms with Gasteiger partial charge in [-0.05, 0) is 43.9 Å². The summed E-state index contributed by atoms with van der Waals surface area (Å²) in [4.78, 5) is 26.5. The van der Waals surface area contributed by atoms with E-state index in [1.54, 1.807) is 4.90 Å². The van der Waals surface area contributed by atoms with Crippen LogP contribution in [0.5, 0.6) is 0 Å². The van der Waals surface area contributed by atoms with Gasteiger partial charge in [0.25, 0.3) is 0 Å². The van der Waals surface area contributed by atoms with E-state index in [0.717, 1.165) is 24.8 Å². The summed E-state index contributed by atoms with van der Waals surface area (Å²) in [6.45, 7) is 6.40. The van der Waals surface area contributed by atoms with Crippen molar-refractivity contribution < 1.29 is 9.59 Å². The minimum absolute atomic E-state index is 0.00225. The van der Waals surface area contributed by atoms with Crippen LogP contribution in [0.15, 0.2) is 24.3 Å². The van der Waals surface area contributed by atoms with Crippen LogP contribution in [-0.4, -0.2) is 35.3 Å². The first-order chi connectivity index (χ1) is 10.9. The summed E-state index contributed by atoms with van der Waals surface area (Å²) in [6.07, 6.45) is 2.35. The van der Waals surface area contributed by atoms with Crippen molar-refractivity contribution in [2.45, 2.75) is 52.1 Å². The number of carbonyl (C=O) groups is 2. The molecule has 1 N–H and O–H groups in total. The van der Waals surface area contributed by atoms with Gasteiger partial charge in [0.15, 0.2) is 0 Å². The maximum absolute atomic E-state index is 12.5. The van der Waals surface area contributed by atoms with Crippen molar-refractivity contribution >= 4 is 23.4 Å². The number of carbonyl (C=O) groups excluding carboxylic acids is 2. The van der Waals surface area contributed by atoms with Crippen molar-refractivity contribution in [1.82, 2.24) is 10.2 Å². The SMILES string of the molecule is CC(C)C(=O)N1CCC[C@H]1C(=O)N[C@H](C)Cc1cccc(Cl)c1. The molecule has 0 saturated carbocycles. The first-order valence-electron chi connectivity index (χ1n) is 8.23. The third-order valence-electron chi connectivity index (χ3n) is 4.15. The van der Waals surface area contributed by atoms with Gasteiger partial charge in [0.1, 0.15) is 6.04 Å². The van der Waals surface area contributed by atoms with E-state index in [2.05, 4.69) is 5.32 Å². The lowest BCUT2D eigenvalue weighted by molar-refractivity contribution is -0.141. The van der Waals surface area contributed by atoms with Crippen LogP contribution in [0.25, 0.3) is 0 Å². The number of hydrogen-bond acceptors (Lipinski definition) is 2. The molecule has 2 atom stereocenters. The molecule has 0 aliphatic carbocycles. The maximum atomic E-state index is 12.5. The quantitative estimate of drug-likeness (QED) is 0.898. The van der Waals surface area contributed by atoms with Crippen LogP contribution in [0.1, 0.15) is 39.2 Å². The predicted molar refractivity (Wildman–Crippen MR) is 92.3 cm³/mol. The zero-order valence-corrected chi connectivity index (χ0v) is 14.8. The van der Waals surface area contributed by atoms with Crippen LogP contribution < -0.4 is 5.32 Å². The Balaban J connectivity index is 1.94. The highest BCUT2D eigenvalue weighted by Gasteiger charge is 2.35. The van der Waals surface area contributed by atoms with Crippen LogP contribution >= 0.6 is 11.6 Å². The molecular formula is C18H25ClN2O2. The van der Waals surface area contributed by atoms with E-state index in [4.69, 9.17) is 11.6 Å². The number of benzene rings is 1. The number of nitrogens with one attached hydrogen (secondary N) is 1. The highest BCUT2D eigenvalue weighted by atomic mass is 35.5. The lowest BCUT2D eigenvalue weighted by atomic mass is 10.1. The molecule has 1 fully saturated rings. The van der Waals surface area contributed by atoms with E-state index in [0.29, 0.717) is 11.6 Å². The number of hydrogen-bond donors (Lipinski definition) is 1. The molecule has 0 aromatic heterocycles. The normalized spacial score (nSPS) is 19.0. The highest BCUT2D eigenvalue weighted by Crippen LogP contribution is 2.20. The average molecular weight is 337 g/mol. The molecular weight excluding hydrogens is 312 g/mol. The molecule has 0 radical (unpaired) electrons. The van der Waals surface area contributed by atoms with Gasteiger partial charge in [0.2, 0.25) is 11.8 Å². The number of rotatable bonds is 5. The van der Waals surface area contributed by atoms with E-state index in [1.807, 2.05) is 45.0 Å². The van der Waals surface area contributed by atoms with E-state index < -0.39 is 0 Å². The summed E-state index contributed by atoms with van der Waals surface area (Å²) in [6, 6.07) is 7.32. The lowest BCUT2D eigenvalue weighted by Crippen LogP contribution is -2.49. The van der Waals surface area contributed by atoms with Gasteiger partial charge in [0.05, 0.1) is 0 Å². The first-order valence-corrected chi connectivity index (χ1v) is 8.61. The molecule has 126 valence electrons. The lowest BCUT2D eigenvalue weighted by Gasteiger charge is -2.27. The molecule has 2 rings (SSSR count). The summed E-state index contributed by atoms with van der Waals surface area (Å²) < 4.78 is 0. The molecule has 1 saturated heterocycles. The Morgan fingerprint density at radius 2 is 2.09 bits per heavy atom. The van der Waals surface area contributed by atoms with Crippen LogP contribution in [0.3, 0.4) is 0 Å². The topological polar surface area (TPSA) is 49.4 Å². The molecule has 1 aliphatic rings. The van der Waals surface area contributed by atoms with Crippen molar-refractivity contribution in [2.75, 3.05) is 6.54 Å². The zero-order chi connectivity index (χ0) is 17.0. The van der Waals surface area contributed by atoms with Crippen molar-refractivity contribution in [3.8, 4) is 0 Å². The minimum Gasteiger partial charge on any atom is -0.352 e. The van der Waals surface area contributed by atoms with Gasteiger partial charge in [-0.15, -0.1) is 0 Å². The van der Waals surface area contributed by atoms with Crippen molar-refractivity contribution in [3.05, 3.63) is 34.9 Å². The standard InChI is InChI=1S/C18H25ClN2O2/c1-12(2)18(23)21-9-5-8-16(21)17(22)20-13(3)10-14-6-4-7-15(19)11-14/h4,6-7,11-13,16H,5,8-10H2,1-3H3,(H,20,22)/t13-,16+/m1/s1. The summed E-state index contributed by atoms with van der Waals surface area (Å²) in [5.41, 5.74) is 1.09. The van der Waals surface area contributed by atoms with Gasteiger partial charge in [-0.3, -0.25) is 9.59 Å². The molecule has 23 heavy (non-hydrogen) atoms. The molecule has 2 amide bonds. The number of amides is 2. The largest absolute Gasteiger partial charge is 0.352 e. The number of halogens is 1. The fourth-order valence-electron chi connectivity index (χ4n) is 3.04. The van der Waals surface area contributed by atoms with Crippen molar-refractivity contribution in [2.24, 2.45) is 5.92 Å². The molecule has 5 heteroatoms. The van der Waals surface area contributed by atoms with Gasteiger partial charge in [-0.2, -0.15) is 0 Å². The third kappa shape index (κ3) is 4.71. The van der Waals surface area contributed by atoms with E-state index in [-0.39, 0.29) is 29.8 Å². The summed E-state index contributed by atoms with van der Waals surface area (Å²) in [5.74, 6) is -0.0662. The van der Waals surface area contributed by atoms with Gasteiger partial charge < -0.3 is 10.2 Å². The Bertz CT molecular complexity index is 574. The number of nitrogens with zero attached hydrogens (tertiary/aromatic N) is 1. The smallest absolute Gasteiger partial charge is 0.243 e. The Hall–Kier alpha value is -1.55. The summed E-state index contributed by atoms with van der Waals surface area (Å²) >= 11 is 5.99. The van der Waals surface area contributed by atoms with Gasteiger partial charge in [-0.1, -0.05) is 37.6 Å². The van der Waals surface area contributed by atoms with E-state index in [9.17, 15) is 9.59 Å². The first kappa shape index (κ1) is 17.8. The second kappa shape index (κ2) is 7.82. The molecule has 0 bridgehead atoms. The summed E-state index contributed by atoms with van der Waals surface area (Å²) in [5, 5.41) is 3.74. The van der Waals surface area contributed by atoms with Crippen LogP contribution in [0, 0.1) is 5.92 Å². The average Bonchev–Trinajstić information content (AvgIpc) is 2.95. The minimum atomic E-state index is -0.327. The molecule has 4 nitrogen and oxygen atoms in total. The third-order valence-corrected chi connectivity index (χ3v) is 4.39. The number of likely N-dealkylation sites (tertiary alicyclic amines) is 1. The van der Waals surface area contributed by atoms with Crippen LogP contribution in [0.2, 0.25) is 5.02 Å². The zero-order valence-electron chi connectivity index (χ0n) is 14.0.